The van der Waals surface area contributed by atoms with Crippen molar-refractivity contribution >= 4 is 17.7 Å². The van der Waals surface area contributed by atoms with Crippen molar-refractivity contribution in [1.29, 1.82) is 0 Å². The molecule has 0 aromatic rings. The lowest BCUT2D eigenvalue weighted by Crippen LogP contribution is -2.23. The molecule has 1 rings (SSSR count). The third-order valence-electron chi connectivity index (χ3n) is 2.78. The van der Waals surface area contributed by atoms with Crippen molar-refractivity contribution in [2.75, 3.05) is 19.1 Å². The molecular weight excluding hydrogens is 184 g/mol. The Bertz CT molecular complexity index is 162. The second kappa shape index (κ2) is 5.53. The van der Waals surface area contributed by atoms with Gasteiger partial charge in [0.1, 0.15) is 0 Å². The van der Waals surface area contributed by atoms with Gasteiger partial charge in [0.25, 0.3) is 0 Å². The zero-order valence-corrected chi connectivity index (χ0v) is 9.23. The number of thioether (sulfide) groups is 1. The summed E-state index contributed by atoms with van der Waals surface area (Å²) in [5, 5.41) is 0. The van der Waals surface area contributed by atoms with Crippen LogP contribution in [0.1, 0.15) is 25.7 Å². The second-order valence-corrected chi connectivity index (χ2v) is 4.61. The monoisotopic (exact) mass is 202 g/mol. The van der Waals surface area contributed by atoms with E-state index in [0.717, 1.165) is 18.8 Å². The number of hydrogen-bond donors (Lipinski definition) is 0. The fourth-order valence-corrected chi connectivity index (χ4v) is 2.77. The van der Waals surface area contributed by atoms with E-state index in [9.17, 15) is 4.79 Å². The van der Waals surface area contributed by atoms with Crippen LogP contribution in [0.3, 0.4) is 0 Å². The van der Waals surface area contributed by atoms with Crippen LogP contribution in [0.5, 0.6) is 0 Å². The van der Waals surface area contributed by atoms with Gasteiger partial charge in [-0.05, 0) is 43.6 Å². The Morgan fingerprint density at radius 1 is 1.38 bits per heavy atom. The van der Waals surface area contributed by atoms with Crippen LogP contribution in [0, 0.1) is 11.8 Å². The van der Waals surface area contributed by atoms with E-state index in [1.807, 2.05) is 11.8 Å². The van der Waals surface area contributed by atoms with E-state index in [1.165, 1.54) is 25.7 Å². The molecule has 3 heteroatoms. The number of carbonyl (C=O) groups excluding carboxylic acids is 1. The Balaban J connectivity index is 2.26. The van der Waals surface area contributed by atoms with Crippen LogP contribution >= 0.6 is 11.8 Å². The third-order valence-corrected chi connectivity index (χ3v) is 3.59. The summed E-state index contributed by atoms with van der Waals surface area (Å²) in [5.41, 5.74) is 0. The van der Waals surface area contributed by atoms with Crippen LogP contribution in [0.15, 0.2) is 0 Å². The van der Waals surface area contributed by atoms with Gasteiger partial charge in [0, 0.05) is 0 Å². The normalized spacial score (nSPS) is 28.5. The van der Waals surface area contributed by atoms with Crippen LogP contribution in [0.4, 0.5) is 0 Å². The van der Waals surface area contributed by atoms with E-state index in [2.05, 4.69) is 6.26 Å². The highest BCUT2D eigenvalue weighted by Crippen LogP contribution is 2.30. The van der Waals surface area contributed by atoms with Crippen molar-refractivity contribution in [2.24, 2.45) is 11.8 Å². The molecule has 0 aromatic heterocycles. The highest BCUT2D eigenvalue weighted by Gasteiger charge is 2.26. The molecular formula is C10H18O2S. The lowest BCUT2D eigenvalue weighted by molar-refractivity contribution is -0.146. The van der Waals surface area contributed by atoms with Gasteiger partial charge in [-0.1, -0.05) is 0 Å². The molecule has 0 N–H and O–H groups in total. The zero-order valence-electron chi connectivity index (χ0n) is 8.41. The van der Waals surface area contributed by atoms with Gasteiger partial charge in [-0.15, -0.1) is 0 Å². The van der Waals surface area contributed by atoms with Crippen LogP contribution in [-0.4, -0.2) is 25.1 Å². The van der Waals surface area contributed by atoms with Crippen molar-refractivity contribution in [3.63, 3.8) is 0 Å². The summed E-state index contributed by atoms with van der Waals surface area (Å²) in [4.78, 5) is 11.2. The van der Waals surface area contributed by atoms with E-state index < -0.39 is 0 Å². The summed E-state index contributed by atoms with van der Waals surface area (Å²) in [5.74, 6) is 2.25. The topological polar surface area (TPSA) is 26.3 Å². The molecule has 1 fully saturated rings. The fraction of sp³-hybridized carbons (Fsp3) is 0.900. The quantitative estimate of drug-likeness (QED) is 0.657. The minimum atomic E-state index is -0.0115. The predicted octanol–water partition coefficient (Wildman–Crippen LogP) is 2.33. The number of rotatable bonds is 3. The standard InChI is InChI=1S/C10H18O2S/c1-12-10(11)9-5-3-8(4-6-9)7-13-2/h8-9H,3-7H2,1-2H3. The summed E-state index contributed by atoms with van der Waals surface area (Å²) in [6.45, 7) is 0. The molecule has 2 nitrogen and oxygen atoms in total. The molecule has 0 spiro atoms. The van der Waals surface area contributed by atoms with E-state index in [4.69, 9.17) is 4.74 Å². The summed E-state index contributed by atoms with van der Waals surface area (Å²) < 4.78 is 4.74. The minimum absolute atomic E-state index is 0.0115. The van der Waals surface area contributed by atoms with Crippen molar-refractivity contribution in [3.8, 4) is 0 Å². The molecule has 0 aromatic carbocycles. The molecule has 0 radical (unpaired) electrons. The Morgan fingerprint density at radius 2 is 2.00 bits per heavy atom. The van der Waals surface area contributed by atoms with Gasteiger partial charge < -0.3 is 4.74 Å². The van der Waals surface area contributed by atoms with Crippen molar-refractivity contribution in [3.05, 3.63) is 0 Å². The van der Waals surface area contributed by atoms with E-state index in [0.29, 0.717) is 0 Å². The average molecular weight is 202 g/mol. The Labute approximate surface area is 84.4 Å². The molecule has 76 valence electrons. The Kier molecular flexibility index (Phi) is 4.64. The maximum absolute atomic E-state index is 11.2. The first-order chi connectivity index (χ1) is 6.27. The van der Waals surface area contributed by atoms with Gasteiger partial charge in [-0.2, -0.15) is 11.8 Å². The molecule has 13 heavy (non-hydrogen) atoms. The average Bonchev–Trinajstić information content (AvgIpc) is 2.18. The largest absolute Gasteiger partial charge is 0.469 e. The summed E-state index contributed by atoms with van der Waals surface area (Å²) in [6.07, 6.45) is 6.59. The van der Waals surface area contributed by atoms with E-state index in [1.54, 1.807) is 0 Å². The third kappa shape index (κ3) is 3.22. The number of hydrogen-bond acceptors (Lipinski definition) is 3. The first kappa shape index (κ1) is 10.9. The van der Waals surface area contributed by atoms with E-state index in [-0.39, 0.29) is 11.9 Å². The molecule has 0 aliphatic heterocycles. The lowest BCUT2D eigenvalue weighted by atomic mass is 9.83. The maximum Gasteiger partial charge on any atom is 0.308 e. The summed E-state index contributed by atoms with van der Waals surface area (Å²) in [7, 11) is 1.48. The first-order valence-corrected chi connectivity index (χ1v) is 6.24. The molecule has 0 bridgehead atoms. The van der Waals surface area contributed by atoms with Gasteiger partial charge >= 0.3 is 5.97 Å². The number of ether oxygens (including phenoxy) is 1. The minimum Gasteiger partial charge on any atom is -0.469 e. The Hall–Kier alpha value is -0.180. The molecule has 1 aliphatic carbocycles. The van der Waals surface area contributed by atoms with Gasteiger partial charge in [-0.25, -0.2) is 0 Å². The van der Waals surface area contributed by atoms with Gasteiger partial charge in [-0.3, -0.25) is 4.79 Å². The highest BCUT2D eigenvalue weighted by atomic mass is 32.2. The molecule has 0 heterocycles. The molecule has 0 atom stereocenters. The van der Waals surface area contributed by atoms with Crippen molar-refractivity contribution in [2.45, 2.75) is 25.7 Å². The number of methoxy groups -OCH3 is 1. The summed E-state index contributed by atoms with van der Waals surface area (Å²) >= 11 is 1.91. The molecule has 1 saturated carbocycles. The van der Waals surface area contributed by atoms with Gasteiger partial charge in [0.15, 0.2) is 0 Å². The second-order valence-electron chi connectivity index (χ2n) is 3.70. The number of carbonyl (C=O) groups is 1. The molecule has 0 unspecified atom stereocenters. The molecule has 0 saturated heterocycles. The SMILES string of the molecule is COC(=O)C1CCC(CSC)CC1. The van der Waals surface area contributed by atoms with Gasteiger partial charge in [0.2, 0.25) is 0 Å². The Morgan fingerprint density at radius 3 is 2.46 bits per heavy atom. The predicted molar refractivity (Wildman–Crippen MR) is 55.8 cm³/mol. The zero-order chi connectivity index (χ0) is 9.68. The molecule has 1 aliphatic rings. The van der Waals surface area contributed by atoms with Crippen LogP contribution in [0.2, 0.25) is 0 Å². The van der Waals surface area contributed by atoms with E-state index >= 15 is 0 Å². The van der Waals surface area contributed by atoms with Crippen LogP contribution in [-0.2, 0) is 9.53 Å². The number of esters is 1. The smallest absolute Gasteiger partial charge is 0.308 e. The highest BCUT2D eigenvalue weighted by molar-refractivity contribution is 7.98. The fourth-order valence-electron chi connectivity index (χ4n) is 1.97. The summed E-state index contributed by atoms with van der Waals surface area (Å²) in [6, 6.07) is 0. The van der Waals surface area contributed by atoms with Gasteiger partial charge in [0.05, 0.1) is 13.0 Å². The van der Waals surface area contributed by atoms with Crippen molar-refractivity contribution < 1.29 is 9.53 Å². The lowest BCUT2D eigenvalue weighted by Gasteiger charge is -2.26. The van der Waals surface area contributed by atoms with Crippen molar-refractivity contribution in [1.82, 2.24) is 0 Å². The maximum atomic E-state index is 11.2. The van der Waals surface area contributed by atoms with Crippen LogP contribution in [0.25, 0.3) is 0 Å². The molecule has 0 amide bonds. The van der Waals surface area contributed by atoms with Crippen LogP contribution < -0.4 is 0 Å². The first-order valence-electron chi connectivity index (χ1n) is 4.84.